The van der Waals surface area contributed by atoms with Crippen molar-refractivity contribution in [1.29, 1.82) is 0 Å². The van der Waals surface area contributed by atoms with E-state index in [1.165, 1.54) is 11.8 Å². The van der Waals surface area contributed by atoms with Gasteiger partial charge >= 0.3 is 6.18 Å². The molecule has 5 heteroatoms. The smallest absolute Gasteiger partial charge is 0.305 e. The van der Waals surface area contributed by atoms with Gasteiger partial charge in [-0.05, 0) is 27.4 Å². The molecule has 84 valence electrons. The third-order valence-electron chi connectivity index (χ3n) is 2.95. The number of likely N-dealkylation sites (N-methyl/N-ethyl adjacent to an activating group) is 1. The van der Waals surface area contributed by atoms with Crippen molar-refractivity contribution >= 4 is 0 Å². The Hall–Kier alpha value is -0.290. The first-order valence-corrected chi connectivity index (χ1v) is 4.79. The number of halogens is 3. The normalized spacial score (nSPS) is 27.2. The zero-order valence-electron chi connectivity index (χ0n) is 8.80. The number of rotatable bonds is 2. The van der Waals surface area contributed by atoms with Gasteiger partial charge in [0, 0.05) is 19.1 Å². The third kappa shape index (κ3) is 2.60. The molecule has 1 fully saturated rings. The van der Waals surface area contributed by atoms with Gasteiger partial charge in [-0.25, -0.2) is 0 Å². The van der Waals surface area contributed by atoms with Crippen molar-refractivity contribution in [1.82, 2.24) is 9.80 Å². The molecule has 0 aliphatic carbocycles. The summed E-state index contributed by atoms with van der Waals surface area (Å²) in [6.45, 7) is 2.30. The lowest BCUT2D eigenvalue weighted by molar-refractivity contribution is -0.176. The monoisotopic (exact) mass is 210 g/mol. The van der Waals surface area contributed by atoms with Crippen molar-refractivity contribution in [3.05, 3.63) is 0 Å². The maximum atomic E-state index is 12.4. The lowest BCUT2D eigenvalue weighted by Crippen LogP contribution is -2.43. The van der Waals surface area contributed by atoms with Gasteiger partial charge in [-0.1, -0.05) is 0 Å². The van der Waals surface area contributed by atoms with Crippen LogP contribution in [0.3, 0.4) is 0 Å². The highest BCUT2D eigenvalue weighted by Gasteiger charge is 2.42. The van der Waals surface area contributed by atoms with E-state index >= 15 is 0 Å². The van der Waals surface area contributed by atoms with Crippen LogP contribution < -0.4 is 0 Å². The van der Waals surface area contributed by atoms with Crippen LogP contribution in [0.25, 0.3) is 0 Å². The van der Waals surface area contributed by atoms with Crippen molar-refractivity contribution in [2.45, 2.75) is 31.6 Å². The average molecular weight is 210 g/mol. The molecule has 14 heavy (non-hydrogen) atoms. The van der Waals surface area contributed by atoms with E-state index in [0.29, 0.717) is 13.1 Å². The maximum absolute atomic E-state index is 12.4. The summed E-state index contributed by atoms with van der Waals surface area (Å²) in [5, 5.41) is 0. The van der Waals surface area contributed by atoms with Crippen molar-refractivity contribution in [3.8, 4) is 0 Å². The summed E-state index contributed by atoms with van der Waals surface area (Å²) in [6, 6.07) is -1.05. The largest absolute Gasteiger partial charge is 0.403 e. The zero-order valence-corrected chi connectivity index (χ0v) is 8.80. The van der Waals surface area contributed by atoms with Crippen LogP contribution in [0, 0.1) is 0 Å². The van der Waals surface area contributed by atoms with Gasteiger partial charge in [0.15, 0.2) is 0 Å². The molecule has 0 aromatic heterocycles. The van der Waals surface area contributed by atoms with E-state index < -0.39 is 12.2 Å². The molecule has 1 aliphatic heterocycles. The lowest BCUT2D eigenvalue weighted by Gasteiger charge is -2.27. The quantitative estimate of drug-likeness (QED) is 0.682. The number of alkyl halides is 3. The number of hydrogen-bond donors (Lipinski definition) is 0. The number of likely N-dealkylation sites (tertiary alicyclic amines) is 1. The Labute approximate surface area is 82.7 Å². The predicted molar refractivity (Wildman–Crippen MR) is 49.2 cm³/mol. The summed E-state index contributed by atoms with van der Waals surface area (Å²) in [4.78, 5) is 3.49. The topological polar surface area (TPSA) is 6.48 Å². The first-order valence-electron chi connectivity index (χ1n) is 4.79. The Morgan fingerprint density at radius 3 is 2.29 bits per heavy atom. The molecule has 0 radical (unpaired) electrons. The van der Waals surface area contributed by atoms with E-state index in [1.54, 1.807) is 0 Å². The molecule has 0 spiro atoms. The minimum atomic E-state index is -4.10. The molecular formula is C9H17F3N2. The van der Waals surface area contributed by atoms with Gasteiger partial charge in [-0.2, -0.15) is 13.2 Å². The molecule has 0 N–H and O–H groups in total. The summed E-state index contributed by atoms with van der Waals surface area (Å²) >= 11 is 0. The van der Waals surface area contributed by atoms with Crippen molar-refractivity contribution < 1.29 is 13.2 Å². The van der Waals surface area contributed by atoms with Gasteiger partial charge in [0.05, 0.1) is 0 Å². The van der Waals surface area contributed by atoms with Crippen LogP contribution in [0.15, 0.2) is 0 Å². The van der Waals surface area contributed by atoms with Gasteiger partial charge in [-0.15, -0.1) is 0 Å². The molecule has 1 rings (SSSR count). The van der Waals surface area contributed by atoms with E-state index in [9.17, 15) is 13.2 Å². The Kier molecular flexibility index (Phi) is 3.42. The van der Waals surface area contributed by atoms with Crippen LogP contribution in [0.2, 0.25) is 0 Å². The van der Waals surface area contributed by atoms with E-state index in [2.05, 4.69) is 0 Å². The lowest BCUT2D eigenvalue weighted by atomic mass is 10.2. The molecule has 2 atom stereocenters. The summed E-state index contributed by atoms with van der Waals surface area (Å²) in [7, 11) is 3.82. The molecule has 0 aromatic carbocycles. The summed E-state index contributed by atoms with van der Waals surface area (Å²) in [5.74, 6) is 0. The first-order chi connectivity index (χ1) is 6.32. The zero-order chi connectivity index (χ0) is 10.9. The van der Waals surface area contributed by atoms with E-state index in [-0.39, 0.29) is 6.04 Å². The van der Waals surface area contributed by atoms with Gasteiger partial charge in [0.25, 0.3) is 0 Å². The highest BCUT2D eigenvalue weighted by molar-refractivity contribution is 4.86. The fourth-order valence-corrected chi connectivity index (χ4v) is 1.75. The van der Waals surface area contributed by atoms with Gasteiger partial charge in [0.2, 0.25) is 0 Å². The van der Waals surface area contributed by atoms with Crippen molar-refractivity contribution in [2.75, 3.05) is 27.2 Å². The van der Waals surface area contributed by atoms with E-state index in [0.717, 1.165) is 6.42 Å². The fraction of sp³-hybridized carbons (Fsp3) is 1.00. The predicted octanol–water partition coefficient (Wildman–Crippen LogP) is 1.57. The Balaban J connectivity index is 2.50. The van der Waals surface area contributed by atoms with Gasteiger partial charge < -0.3 is 4.90 Å². The Bertz CT molecular complexity index is 191. The summed E-state index contributed by atoms with van der Waals surface area (Å²) in [6.07, 6.45) is -3.27. The molecular weight excluding hydrogens is 193 g/mol. The molecule has 1 aliphatic rings. The second-order valence-electron chi connectivity index (χ2n) is 4.12. The highest BCUT2D eigenvalue weighted by atomic mass is 19.4. The molecule has 0 amide bonds. The second-order valence-corrected chi connectivity index (χ2v) is 4.12. The minimum absolute atomic E-state index is 0.264. The number of nitrogens with zero attached hydrogens (tertiary/aromatic N) is 2. The fourth-order valence-electron chi connectivity index (χ4n) is 1.75. The van der Waals surface area contributed by atoms with Gasteiger partial charge in [-0.3, -0.25) is 4.90 Å². The molecule has 2 nitrogen and oxygen atoms in total. The van der Waals surface area contributed by atoms with Crippen LogP contribution in [0.4, 0.5) is 13.2 Å². The van der Waals surface area contributed by atoms with Crippen LogP contribution >= 0.6 is 0 Å². The van der Waals surface area contributed by atoms with Crippen LogP contribution in [0.5, 0.6) is 0 Å². The maximum Gasteiger partial charge on any atom is 0.403 e. The molecule has 0 saturated carbocycles. The van der Waals surface area contributed by atoms with Crippen LogP contribution in [-0.4, -0.2) is 55.2 Å². The Morgan fingerprint density at radius 1 is 1.36 bits per heavy atom. The van der Waals surface area contributed by atoms with Crippen LogP contribution in [-0.2, 0) is 0 Å². The summed E-state index contributed by atoms with van der Waals surface area (Å²) in [5.41, 5.74) is 0. The van der Waals surface area contributed by atoms with Crippen LogP contribution in [0.1, 0.15) is 13.3 Å². The SMILES string of the molecule is CC(N1CCC(N(C)C)C1)C(F)(F)F. The highest BCUT2D eigenvalue weighted by Crippen LogP contribution is 2.27. The average Bonchev–Trinajstić information content (AvgIpc) is 2.48. The molecule has 1 heterocycles. The van der Waals surface area contributed by atoms with Crippen molar-refractivity contribution in [3.63, 3.8) is 0 Å². The van der Waals surface area contributed by atoms with E-state index in [4.69, 9.17) is 0 Å². The molecule has 0 aromatic rings. The van der Waals surface area contributed by atoms with E-state index in [1.807, 2.05) is 19.0 Å². The molecule has 0 bridgehead atoms. The number of hydrogen-bond acceptors (Lipinski definition) is 2. The second kappa shape index (κ2) is 4.06. The third-order valence-corrected chi connectivity index (χ3v) is 2.95. The molecule has 1 saturated heterocycles. The Morgan fingerprint density at radius 2 is 1.93 bits per heavy atom. The summed E-state index contributed by atoms with van der Waals surface area (Å²) < 4.78 is 37.1. The first kappa shape index (κ1) is 11.8. The van der Waals surface area contributed by atoms with Crippen molar-refractivity contribution in [2.24, 2.45) is 0 Å². The minimum Gasteiger partial charge on any atom is -0.305 e. The standard InChI is InChI=1S/C9H17F3N2/c1-7(9(10,11)12)14-5-4-8(6-14)13(2)3/h7-8H,4-6H2,1-3H3. The molecule has 2 unspecified atom stereocenters. The van der Waals surface area contributed by atoms with Gasteiger partial charge in [0.1, 0.15) is 6.04 Å².